The van der Waals surface area contributed by atoms with Crippen molar-refractivity contribution in [3.63, 3.8) is 0 Å². The van der Waals surface area contributed by atoms with E-state index in [2.05, 4.69) is 17.4 Å². The van der Waals surface area contributed by atoms with Crippen LogP contribution in [-0.4, -0.2) is 0 Å². The summed E-state index contributed by atoms with van der Waals surface area (Å²) in [5.74, 6) is 2.67. The lowest BCUT2D eigenvalue weighted by Crippen LogP contribution is -1.32. The van der Waals surface area contributed by atoms with Crippen LogP contribution in [0.15, 0.2) is 0 Å². The first kappa shape index (κ1) is 4.91. The van der Waals surface area contributed by atoms with Gasteiger partial charge in [-0.2, -0.15) is 0 Å². The van der Waals surface area contributed by atoms with Crippen molar-refractivity contribution in [2.45, 2.75) is 6.92 Å². The molecule has 0 aromatic rings. The van der Waals surface area contributed by atoms with E-state index in [1.54, 1.807) is 6.92 Å². The van der Waals surface area contributed by atoms with Crippen LogP contribution in [0.4, 0.5) is 0 Å². The molecule has 27 valence electrons. The second-order valence-electron chi connectivity index (χ2n) is 0.496. The predicted octanol–water partition coefficient (Wildman–Crippen LogP) is 1.49. The molecule has 1 radical (unpaired) electrons. The monoisotopic (exact) mass is 85.0 g/mol. The smallest absolute Gasteiger partial charge is 0.0157 e. The molecule has 0 aromatic heterocycles. The Labute approximate surface area is 37.0 Å². The summed E-state index contributed by atoms with van der Waals surface area (Å²) in [5, 5.41) is 2.67. The van der Waals surface area contributed by atoms with Gasteiger partial charge in [0.2, 0.25) is 0 Å². The molecule has 0 unspecified atom stereocenters. The third-order valence-corrected chi connectivity index (χ3v) is 0.523. The first-order chi connectivity index (χ1) is 2.41. The Bertz CT molecular complexity index is 55.8. The van der Waals surface area contributed by atoms with E-state index in [1.807, 2.05) is 0 Å². The van der Waals surface area contributed by atoms with E-state index >= 15 is 0 Å². The van der Waals surface area contributed by atoms with Crippen LogP contribution < -0.4 is 0 Å². The molecule has 0 bridgehead atoms. The standard InChI is InChI=1S/C4H5S/c1-3-4-5-2/h2H2,1H3. The van der Waals surface area contributed by atoms with E-state index in [0.717, 1.165) is 0 Å². The Morgan fingerprint density at radius 1 is 1.80 bits per heavy atom. The highest BCUT2D eigenvalue weighted by Crippen LogP contribution is 1.85. The predicted molar refractivity (Wildman–Crippen MR) is 26.4 cm³/mol. The summed E-state index contributed by atoms with van der Waals surface area (Å²) in [6, 6.07) is 0. The average Bonchev–Trinajstić information content (AvgIpc) is 1.41. The molecule has 1 heteroatoms. The molecule has 0 aromatic carbocycles. The molecule has 5 heavy (non-hydrogen) atoms. The molecule has 0 N–H and O–H groups in total. The van der Waals surface area contributed by atoms with Gasteiger partial charge in [0.05, 0.1) is 0 Å². The van der Waals surface area contributed by atoms with Crippen LogP contribution in [0.3, 0.4) is 0 Å². The maximum atomic E-state index is 3.42. The highest BCUT2D eigenvalue weighted by molar-refractivity contribution is 8.04. The van der Waals surface area contributed by atoms with Crippen LogP contribution in [0.25, 0.3) is 0 Å². The third kappa shape index (κ3) is 3.91. The molecule has 0 rings (SSSR count). The van der Waals surface area contributed by atoms with Gasteiger partial charge in [-0.15, -0.1) is 0 Å². The normalized spacial score (nSPS) is 5.20. The van der Waals surface area contributed by atoms with Crippen molar-refractivity contribution >= 4 is 11.8 Å². The molecule has 0 aliphatic carbocycles. The first-order valence-electron chi connectivity index (χ1n) is 1.24. The molecule has 0 saturated heterocycles. The van der Waals surface area contributed by atoms with Gasteiger partial charge in [0.15, 0.2) is 0 Å². The van der Waals surface area contributed by atoms with E-state index in [-0.39, 0.29) is 0 Å². The fourth-order valence-electron chi connectivity index (χ4n) is 0.0722. The largest absolute Gasteiger partial charge is 0.0947 e. The minimum atomic E-state index is 1.29. The fourth-order valence-corrected chi connectivity index (χ4v) is 0.217. The van der Waals surface area contributed by atoms with Crippen molar-refractivity contribution in [3.05, 3.63) is 6.26 Å². The lowest BCUT2D eigenvalue weighted by Gasteiger charge is -1.57. The van der Waals surface area contributed by atoms with Gasteiger partial charge in [-0.1, -0.05) is 17.7 Å². The number of hydrogen-bond donors (Lipinski definition) is 0. The van der Waals surface area contributed by atoms with Crippen LogP contribution in [0, 0.1) is 17.4 Å². The average molecular weight is 85.2 g/mol. The molecule has 0 fully saturated rings. The van der Waals surface area contributed by atoms with Crippen molar-refractivity contribution in [3.8, 4) is 11.2 Å². The maximum absolute atomic E-state index is 3.42. The summed E-state index contributed by atoms with van der Waals surface area (Å²) >= 11 is 1.29. The van der Waals surface area contributed by atoms with Gasteiger partial charge in [-0.25, -0.2) is 0 Å². The summed E-state index contributed by atoms with van der Waals surface area (Å²) in [6.07, 6.45) is 3.42. The molecular formula is C4H5S. The number of rotatable bonds is 0. The lowest BCUT2D eigenvalue weighted by molar-refractivity contribution is 1.94. The first-order valence-corrected chi connectivity index (χ1v) is 2.23. The van der Waals surface area contributed by atoms with Crippen LogP contribution in [-0.2, 0) is 0 Å². The van der Waals surface area contributed by atoms with Gasteiger partial charge < -0.3 is 0 Å². The molecular weight excluding hydrogens is 80.1 g/mol. The van der Waals surface area contributed by atoms with Crippen LogP contribution in [0.5, 0.6) is 0 Å². The fraction of sp³-hybridized carbons (Fsp3) is 0.250. The van der Waals surface area contributed by atoms with E-state index in [9.17, 15) is 0 Å². The van der Waals surface area contributed by atoms with Crippen molar-refractivity contribution < 1.29 is 0 Å². The van der Waals surface area contributed by atoms with Crippen molar-refractivity contribution in [2.75, 3.05) is 0 Å². The van der Waals surface area contributed by atoms with Crippen molar-refractivity contribution in [1.82, 2.24) is 0 Å². The van der Waals surface area contributed by atoms with E-state index < -0.39 is 0 Å². The Kier molecular flexibility index (Phi) is 3.84. The zero-order valence-corrected chi connectivity index (χ0v) is 3.93. The van der Waals surface area contributed by atoms with Crippen LogP contribution >= 0.6 is 11.8 Å². The van der Waals surface area contributed by atoms with E-state index in [0.29, 0.717) is 0 Å². The zero-order chi connectivity index (χ0) is 4.12. The Morgan fingerprint density at radius 2 is 2.40 bits per heavy atom. The van der Waals surface area contributed by atoms with Gasteiger partial charge in [0, 0.05) is 6.26 Å². The molecule has 0 spiro atoms. The summed E-state index contributed by atoms with van der Waals surface area (Å²) in [7, 11) is 0. The van der Waals surface area contributed by atoms with Crippen LogP contribution in [0.2, 0.25) is 0 Å². The topological polar surface area (TPSA) is 0 Å². The van der Waals surface area contributed by atoms with Gasteiger partial charge >= 0.3 is 0 Å². The van der Waals surface area contributed by atoms with Gasteiger partial charge in [-0.05, 0) is 12.2 Å². The number of thioether (sulfide) groups is 1. The molecule has 0 amide bonds. The molecule has 0 aliphatic heterocycles. The minimum Gasteiger partial charge on any atom is -0.0947 e. The van der Waals surface area contributed by atoms with Gasteiger partial charge in [0.25, 0.3) is 0 Å². The molecule has 0 nitrogen and oxygen atoms in total. The summed E-state index contributed by atoms with van der Waals surface area (Å²) in [4.78, 5) is 0. The second-order valence-corrected chi connectivity index (χ2v) is 0.989. The summed E-state index contributed by atoms with van der Waals surface area (Å²) in [6.45, 7) is 1.79. The molecule has 0 atom stereocenters. The van der Waals surface area contributed by atoms with Crippen LogP contribution in [0.1, 0.15) is 6.92 Å². The molecule has 0 saturated carbocycles. The number of hydrogen-bond acceptors (Lipinski definition) is 1. The quantitative estimate of drug-likeness (QED) is 0.401. The summed E-state index contributed by atoms with van der Waals surface area (Å²) < 4.78 is 0. The molecule has 0 heterocycles. The maximum Gasteiger partial charge on any atom is 0.0157 e. The van der Waals surface area contributed by atoms with E-state index in [4.69, 9.17) is 0 Å². The zero-order valence-electron chi connectivity index (χ0n) is 3.12. The Hall–Kier alpha value is -0.0900. The third-order valence-electron chi connectivity index (χ3n) is 0.174. The Morgan fingerprint density at radius 3 is 2.40 bits per heavy atom. The second kappa shape index (κ2) is 3.91. The SMILES string of the molecule is [CH2]SC#CC. The summed E-state index contributed by atoms with van der Waals surface area (Å²) in [5.41, 5.74) is 0. The van der Waals surface area contributed by atoms with Gasteiger partial charge in [-0.3, -0.25) is 0 Å². The highest BCUT2D eigenvalue weighted by atomic mass is 32.2. The van der Waals surface area contributed by atoms with Crippen molar-refractivity contribution in [2.24, 2.45) is 0 Å². The Balaban J connectivity index is 2.81. The molecule has 0 aliphatic rings. The van der Waals surface area contributed by atoms with Crippen molar-refractivity contribution in [1.29, 1.82) is 0 Å². The van der Waals surface area contributed by atoms with E-state index in [1.165, 1.54) is 11.8 Å². The minimum absolute atomic E-state index is 1.29. The van der Waals surface area contributed by atoms with Gasteiger partial charge in [0.1, 0.15) is 0 Å². The lowest BCUT2D eigenvalue weighted by atomic mass is 10.9. The highest BCUT2D eigenvalue weighted by Gasteiger charge is 1.48.